The summed E-state index contributed by atoms with van der Waals surface area (Å²) < 4.78 is 15.0. The van der Waals surface area contributed by atoms with Crippen LogP contribution in [-0.2, 0) is 0 Å². The summed E-state index contributed by atoms with van der Waals surface area (Å²) in [6, 6.07) is 13.3. The fourth-order valence-electron chi connectivity index (χ4n) is 2.17. The maximum absolute atomic E-state index is 13.5. The zero-order chi connectivity index (χ0) is 15.5. The minimum absolute atomic E-state index is 0.270. The van der Waals surface area contributed by atoms with Crippen LogP contribution in [0, 0.1) is 5.82 Å². The number of nitrogens with zero attached hydrogens (tertiary/aromatic N) is 2. The molecule has 0 amide bonds. The third-order valence-electron chi connectivity index (χ3n) is 3.14. The van der Waals surface area contributed by atoms with Crippen molar-refractivity contribution in [2.24, 2.45) is 0 Å². The molecule has 110 valence electrons. The Morgan fingerprint density at radius 1 is 1.23 bits per heavy atom. The van der Waals surface area contributed by atoms with Gasteiger partial charge >= 0.3 is 0 Å². The summed E-state index contributed by atoms with van der Waals surface area (Å²) in [7, 11) is 0. The molecular formula is C17H13FN2OS. The lowest BCUT2D eigenvalue weighted by Crippen LogP contribution is -2.21. The van der Waals surface area contributed by atoms with Crippen molar-refractivity contribution in [2.45, 2.75) is 5.16 Å². The van der Waals surface area contributed by atoms with Gasteiger partial charge in [-0.25, -0.2) is 9.37 Å². The molecule has 0 unspecified atom stereocenters. The monoisotopic (exact) mass is 312 g/mol. The summed E-state index contributed by atoms with van der Waals surface area (Å²) in [4.78, 5) is 17.3. The summed E-state index contributed by atoms with van der Waals surface area (Å²) in [5, 5.41) is 0.835. The van der Waals surface area contributed by atoms with Crippen molar-refractivity contribution >= 4 is 22.7 Å². The maximum atomic E-state index is 13.5. The van der Waals surface area contributed by atoms with Crippen molar-refractivity contribution in [1.82, 2.24) is 9.55 Å². The van der Waals surface area contributed by atoms with Crippen molar-refractivity contribution in [1.29, 1.82) is 0 Å². The lowest BCUT2D eigenvalue weighted by molar-refractivity contribution is 0.629. The van der Waals surface area contributed by atoms with E-state index in [0.717, 1.165) is 0 Å². The molecule has 0 aliphatic heterocycles. The van der Waals surface area contributed by atoms with E-state index in [1.54, 1.807) is 6.08 Å². The second-order valence-corrected chi connectivity index (χ2v) is 5.62. The Kier molecular flexibility index (Phi) is 4.06. The molecule has 3 nitrogen and oxygen atoms in total. The first-order valence-electron chi connectivity index (χ1n) is 6.72. The van der Waals surface area contributed by atoms with Crippen molar-refractivity contribution in [3.63, 3.8) is 0 Å². The van der Waals surface area contributed by atoms with Gasteiger partial charge in [0.2, 0.25) is 0 Å². The largest absolute Gasteiger partial charge is 0.268 e. The summed E-state index contributed by atoms with van der Waals surface area (Å²) >= 11 is 1.42. The van der Waals surface area contributed by atoms with Crippen LogP contribution in [0.5, 0.6) is 0 Å². The zero-order valence-electron chi connectivity index (χ0n) is 11.7. The van der Waals surface area contributed by atoms with Crippen LogP contribution in [0.3, 0.4) is 0 Å². The first kappa shape index (κ1) is 14.5. The first-order chi connectivity index (χ1) is 10.7. The number of rotatable bonds is 4. The normalized spacial score (nSPS) is 10.8. The number of hydrogen-bond acceptors (Lipinski definition) is 3. The van der Waals surface area contributed by atoms with Crippen LogP contribution in [-0.4, -0.2) is 15.3 Å². The minimum Gasteiger partial charge on any atom is -0.268 e. The van der Waals surface area contributed by atoms with E-state index in [0.29, 0.717) is 22.1 Å². The molecule has 0 saturated carbocycles. The first-order valence-corrected chi connectivity index (χ1v) is 7.70. The molecule has 2 aromatic carbocycles. The smallest absolute Gasteiger partial charge is 0.266 e. The minimum atomic E-state index is -0.447. The lowest BCUT2D eigenvalue weighted by atomic mass is 10.2. The number of benzene rings is 2. The van der Waals surface area contributed by atoms with Crippen LogP contribution < -0.4 is 5.56 Å². The average molecular weight is 312 g/mol. The van der Waals surface area contributed by atoms with Crippen LogP contribution in [0.25, 0.3) is 16.6 Å². The topological polar surface area (TPSA) is 34.9 Å². The molecule has 0 aliphatic rings. The van der Waals surface area contributed by atoms with E-state index in [9.17, 15) is 9.18 Å². The number of halogens is 1. The molecule has 0 radical (unpaired) electrons. The van der Waals surface area contributed by atoms with Crippen molar-refractivity contribution in [2.75, 3.05) is 5.75 Å². The lowest BCUT2D eigenvalue weighted by Gasteiger charge is -2.12. The summed E-state index contributed by atoms with van der Waals surface area (Å²) in [6.07, 6.45) is 1.75. The Balaban J connectivity index is 2.33. The standard InChI is InChI=1S/C17H13FN2OS/c1-2-10-22-17-19-15-9-8-12(18)11-14(15)16(21)20(17)13-6-4-3-5-7-13/h2-9,11H,1,10H2. The second-order valence-electron chi connectivity index (χ2n) is 4.63. The molecule has 0 bridgehead atoms. The number of aromatic nitrogens is 2. The molecule has 3 aromatic rings. The zero-order valence-corrected chi connectivity index (χ0v) is 12.5. The van der Waals surface area contributed by atoms with Crippen LogP contribution in [0.15, 0.2) is 71.1 Å². The highest BCUT2D eigenvalue weighted by molar-refractivity contribution is 7.99. The van der Waals surface area contributed by atoms with Gasteiger partial charge in [0.15, 0.2) is 5.16 Å². The van der Waals surface area contributed by atoms with Gasteiger partial charge in [0.25, 0.3) is 5.56 Å². The van der Waals surface area contributed by atoms with E-state index < -0.39 is 5.82 Å². The molecule has 0 fully saturated rings. The Morgan fingerprint density at radius 2 is 2.00 bits per heavy atom. The summed E-state index contributed by atoms with van der Waals surface area (Å²) in [6.45, 7) is 3.69. The number of para-hydroxylation sites is 1. The van der Waals surface area contributed by atoms with Crippen LogP contribution in [0.1, 0.15) is 0 Å². The van der Waals surface area contributed by atoms with Gasteiger partial charge in [0, 0.05) is 5.75 Å². The molecule has 0 N–H and O–H groups in total. The van der Waals surface area contributed by atoms with Gasteiger partial charge in [0.1, 0.15) is 5.82 Å². The van der Waals surface area contributed by atoms with Gasteiger partial charge in [-0.05, 0) is 30.3 Å². The summed E-state index contributed by atoms with van der Waals surface area (Å²) in [5.74, 6) is 0.184. The van der Waals surface area contributed by atoms with E-state index in [-0.39, 0.29) is 10.9 Å². The third kappa shape index (κ3) is 2.67. The number of thioether (sulfide) groups is 1. The van der Waals surface area contributed by atoms with E-state index in [1.165, 1.54) is 34.5 Å². The van der Waals surface area contributed by atoms with Crippen molar-refractivity contribution < 1.29 is 4.39 Å². The van der Waals surface area contributed by atoms with E-state index >= 15 is 0 Å². The summed E-state index contributed by atoms with van der Waals surface area (Å²) in [5.41, 5.74) is 0.921. The maximum Gasteiger partial charge on any atom is 0.266 e. The molecule has 3 rings (SSSR count). The molecule has 0 atom stereocenters. The Hall–Kier alpha value is -2.40. The predicted octanol–water partition coefficient (Wildman–Crippen LogP) is 3.80. The predicted molar refractivity (Wildman–Crippen MR) is 88.2 cm³/mol. The number of hydrogen-bond donors (Lipinski definition) is 0. The number of fused-ring (bicyclic) bond motifs is 1. The average Bonchev–Trinajstić information content (AvgIpc) is 2.54. The molecule has 0 aliphatic carbocycles. The van der Waals surface area contributed by atoms with Gasteiger partial charge in [-0.3, -0.25) is 9.36 Å². The quantitative estimate of drug-likeness (QED) is 0.417. The third-order valence-corrected chi connectivity index (χ3v) is 4.08. The molecule has 22 heavy (non-hydrogen) atoms. The fourth-order valence-corrected chi connectivity index (χ4v) is 2.92. The van der Waals surface area contributed by atoms with Gasteiger partial charge in [0.05, 0.1) is 16.6 Å². The molecule has 0 spiro atoms. The molecular weight excluding hydrogens is 299 g/mol. The van der Waals surface area contributed by atoms with Crippen LogP contribution >= 0.6 is 11.8 Å². The van der Waals surface area contributed by atoms with E-state index in [4.69, 9.17) is 0 Å². The highest BCUT2D eigenvalue weighted by Crippen LogP contribution is 2.21. The van der Waals surface area contributed by atoms with Crippen LogP contribution in [0.4, 0.5) is 4.39 Å². The van der Waals surface area contributed by atoms with Crippen LogP contribution in [0.2, 0.25) is 0 Å². The van der Waals surface area contributed by atoms with Crippen molar-refractivity contribution in [3.05, 3.63) is 77.4 Å². The molecule has 5 heteroatoms. The SMILES string of the molecule is C=CCSc1nc2ccc(F)cc2c(=O)n1-c1ccccc1. The van der Waals surface area contributed by atoms with Gasteiger partial charge in [-0.1, -0.05) is 36.0 Å². The molecule has 1 aromatic heterocycles. The van der Waals surface area contributed by atoms with E-state index in [1.807, 2.05) is 30.3 Å². The second kappa shape index (κ2) is 6.15. The molecule has 0 saturated heterocycles. The van der Waals surface area contributed by atoms with Crippen molar-refractivity contribution in [3.8, 4) is 5.69 Å². The van der Waals surface area contributed by atoms with Gasteiger partial charge in [-0.2, -0.15) is 0 Å². The molecule has 1 heterocycles. The van der Waals surface area contributed by atoms with E-state index in [2.05, 4.69) is 11.6 Å². The fraction of sp³-hybridized carbons (Fsp3) is 0.0588. The highest BCUT2D eigenvalue weighted by Gasteiger charge is 2.13. The van der Waals surface area contributed by atoms with Gasteiger partial charge in [-0.15, -0.1) is 6.58 Å². The Labute approximate surface area is 131 Å². The Bertz CT molecular complexity index is 890. The Morgan fingerprint density at radius 3 is 2.73 bits per heavy atom. The highest BCUT2D eigenvalue weighted by atomic mass is 32.2. The van der Waals surface area contributed by atoms with Gasteiger partial charge < -0.3 is 0 Å².